The summed E-state index contributed by atoms with van der Waals surface area (Å²) >= 11 is 0. The van der Waals surface area contributed by atoms with Gasteiger partial charge in [-0.25, -0.2) is 4.98 Å². The van der Waals surface area contributed by atoms with Crippen molar-refractivity contribution in [2.24, 2.45) is 5.73 Å². The zero-order chi connectivity index (χ0) is 11.7. The predicted octanol–water partition coefficient (Wildman–Crippen LogP) is 2.51. The maximum absolute atomic E-state index is 5.92. The van der Waals surface area contributed by atoms with Gasteiger partial charge in [-0.3, -0.25) is 0 Å². The Bertz CT molecular complexity index is 498. The number of nitrogens with zero attached hydrogens (tertiary/aromatic N) is 2. The van der Waals surface area contributed by atoms with Crippen molar-refractivity contribution in [3.8, 4) is 5.69 Å². The number of nitrogens with two attached hydrogens (primary N) is 1. The van der Waals surface area contributed by atoms with E-state index in [1.807, 2.05) is 19.4 Å². The molecule has 0 amide bonds. The van der Waals surface area contributed by atoms with Gasteiger partial charge in [-0.05, 0) is 32.4 Å². The summed E-state index contributed by atoms with van der Waals surface area (Å²) in [6.07, 6.45) is 3.64. The molecular weight excluding hydrogens is 198 g/mol. The lowest BCUT2D eigenvalue weighted by Gasteiger charge is -2.13. The standard InChI is InChI=1S/C13H17N3/c1-9-4-5-12(10(2)6-9)16-8-15-7-13(16)11(3)14/h4-8,11H,14H2,1-3H3/t11-/m0/s1. The van der Waals surface area contributed by atoms with E-state index in [0.717, 1.165) is 11.4 Å². The van der Waals surface area contributed by atoms with E-state index >= 15 is 0 Å². The molecular formula is C13H17N3. The van der Waals surface area contributed by atoms with Gasteiger partial charge in [-0.15, -0.1) is 0 Å². The molecule has 1 atom stereocenters. The third-order valence-electron chi connectivity index (χ3n) is 2.75. The zero-order valence-corrected chi connectivity index (χ0v) is 9.94. The smallest absolute Gasteiger partial charge is 0.0994 e. The number of imidazole rings is 1. The molecule has 1 aromatic heterocycles. The fraction of sp³-hybridized carbons (Fsp3) is 0.308. The molecule has 0 radical (unpaired) electrons. The van der Waals surface area contributed by atoms with E-state index in [9.17, 15) is 0 Å². The number of rotatable bonds is 2. The highest BCUT2D eigenvalue weighted by Gasteiger charge is 2.09. The molecule has 84 valence electrons. The van der Waals surface area contributed by atoms with Gasteiger partial charge in [-0.1, -0.05) is 17.7 Å². The van der Waals surface area contributed by atoms with Gasteiger partial charge in [0.2, 0.25) is 0 Å². The number of benzene rings is 1. The van der Waals surface area contributed by atoms with Crippen LogP contribution in [0.5, 0.6) is 0 Å². The summed E-state index contributed by atoms with van der Waals surface area (Å²) in [6, 6.07) is 6.37. The van der Waals surface area contributed by atoms with E-state index in [0.29, 0.717) is 0 Å². The van der Waals surface area contributed by atoms with Gasteiger partial charge in [0.25, 0.3) is 0 Å². The molecule has 0 saturated heterocycles. The predicted molar refractivity (Wildman–Crippen MR) is 65.6 cm³/mol. The molecule has 1 heterocycles. The maximum Gasteiger partial charge on any atom is 0.0994 e. The van der Waals surface area contributed by atoms with Crippen LogP contribution in [0.3, 0.4) is 0 Å². The summed E-state index contributed by atoms with van der Waals surface area (Å²) in [5.41, 5.74) is 10.6. The van der Waals surface area contributed by atoms with Gasteiger partial charge in [0.05, 0.1) is 18.2 Å². The van der Waals surface area contributed by atoms with Crippen LogP contribution in [0.25, 0.3) is 5.69 Å². The molecule has 0 bridgehead atoms. The first kappa shape index (κ1) is 10.9. The van der Waals surface area contributed by atoms with Crippen LogP contribution in [0.1, 0.15) is 29.8 Å². The van der Waals surface area contributed by atoms with Crippen LogP contribution in [-0.4, -0.2) is 9.55 Å². The summed E-state index contributed by atoms with van der Waals surface area (Å²) < 4.78 is 2.06. The van der Waals surface area contributed by atoms with Crippen molar-refractivity contribution in [3.05, 3.63) is 47.5 Å². The van der Waals surface area contributed by atoms with Crippen molar-refractivity contribution in [1.29, 1.82) is 0 Å². The molecule has 16 heavy (non-hydrogen) atoms. The van der Waals surface area contributed by atoms with E-state index < -0.39 is 0 Å². The van der Waals surface area contributed by atoms with Crippen LogP contribution in [-0.2, 0) is 0 Å². The minimum Gasteiger partial charge on any atom is -0.323 e. The SMILES string of the molecule is Cc1ccc(-n2cncc2[C@H](C)N)c(C)c1. The Morgan fingerprint density at radius 2 is 2.06 bits per heavy atom. The molecule has 0 aliphatic carbocycles. The molecule has 3 nitrogen and oxygen atoms in total. The average molecular weight is 215 g/mol. The van der Waals surface area contributed by atoms with Crippen LogP contribution in [0.15, 0.2) is 30.7 Å². The average Bonchev–Trinajstić information content (AvgIpc) is 2.66. The van der Waals surface area contributed by atoms with E-state index in [-0.39, 0.29) is 6.04 Å². The molecule has 0 fully saturated rings. The van der Waals surface area contributed by atoms with Gasteiger partial charge in [0, 0.05) is 11.7 Å². The van der Waals surface area contributed by atoms with Crippen LogP contribution >= 0.6 is 0 Å². The van der Waals surface area contributed by atoms with Crippen LogP contribution in [0.4, 0.5) is 0 Å². The van der Waals surface area contributed by atoms with E-state index in [4.69, 9.17) is 5.73 Å². The maximum atomic E-state index is 5.92. The summed E-state index contributed by atoms with van der Waals surface area (Å²) in [6.45, 7) is 6.17. The molecule has 2 aromatic rings. The fourth-order valence-corrected chi connectivity index (χ4v) is 1.92. The second kappa shape index (κ2) is 4.10. The second-order valence-corrected chi connectivity index (χ2v) is 4.27. The molecule has 1 aromatic carbocycles. The monoisotopic (exact) mass is 215 g/mol. The fourth-order valence-electron chi connectivity index (χ4n) is 1.92. The molecule has 3 heteroatoms. The van der Waals surface area contributed by atoms with Crippen molar-refractivity contribution in [1.82, 2.24) is 9.55 Å². The van der Waals surface area contributed by atoms with Crippen molar-refractivity contribution in [2.45, 2.75) is 26.8 Å². The van der Waals surface area contributed by atoms with E-state index in [1.165, 1.54) is 11.1 Å². The molecule has 0 aliphatic heterocycles. The van der Waals surface area contributed by atoms with Crippen molar-refractivity contribution in [2.75, 3.05) is 0 Å². The van der Waals surface area contributed by atoms with Crippen LogP contribution in [0.2, 0.25) is 0 Å². The topological polar surface area (TPSA) is 43.8 Å². The normalized spacial score (nSPS) is 12.8. The summed E-state index contributed by atoms with van der Waals surface area (Å²) in [7, 11) is 0. The highest BCUT2D eigenvalue weighted by molar-refractivity contribution is 5.43. The Labute approximate surface area is 95.9 Å². The van der Waals surface area contributed by atoms with E-state index in [1.54, 1.807) is 0 Å². The zero-order valence-electron chi connectivity index (χ0n) is 9.94. The van der Waals surface area contributed by atoms with Gasteiger partial charge in [0.1, 0.15) is 0 Å². The largest absolute Gasteiger partial charge is 0.323 e. The summed E-state index contributed by atoms with van der Waals surface area (Å²) in [5.74, 6) is 0. The lowest BCUT2D eigenvalue weighted by atomic mass is 10.1. The molecule has 0 saturated carbocycles. The van der Waals surface area contributed by atoms with Crippen LogP contribution < -0.4 is 5.73 Å². The summed E-state index contributed by atoms with van der Waals surface area (Å²) in [4.78, 5) is 4.17. The van der Waals surface area contributed by atoms with Crippen molar-refractivity contribution >= 4 is 0 Å². The van der Waals surface area contributed by atoms with Gasteiger partial charge in [0.15, 0.2) is 0 Å². The summed E-state index contributed by atoms with van der Waals surface area (Å²) in [5, 5.41) is 0. The Morgan fingerprint density at radius 1 is 1.31 bits per heavy atom. The Kier molecular flexibility index (Phi) is 2.79. The van der Waals surface area contributed by atoms with Gasteiger partial charge in [-0.2, -0.15) is 0 Å². The molecule has 0 unspecified atom stereocenters. The Morgan fingerprint density at radius 3 is 2.69 bits per heavy atom. The minimum atomic E-state index is -0.0109. The second-order valence-electron chi connectivity index (χ2n) is 4.27. The minimum absolute atomic E-state index is 0.0109. The molecule has 0 spiro atoms. The van der Waals surface area contributed by atoms with Gasteiger partial charge >= 0.3 is 0 Å². The number of hydrogen-bond acceptors (Lipinski definition) is 2. The van der Waals surface area contributed by atoms with E-state index in [2.05, 4.69) is 41.6 Å². The molecule has 0 aliphatic rings. The number of aryl methyl sites for hydroxylation is 2. The van der Waals surface area contributed by atoms with Crippen LogP contribution in [0, 0.1) is 13.8 Å². The molecule has 2 rings (SSSR count). The number of hydrogen-bond donors (Lipinski definition) is 1. The Hall–Kier alpha value is -1.61. The van der Waals surface area contributed by atoms with Crippen molar-refractivity contribution < 1.29 is 0 Å². The first-order valence-electron chi connectivity index (χ1n) is 5.45. The first-order valence-corrected chi connectivity index (χ1v) is 5.45. The highest BCUT2D eigenvalue weighted by Crippen LogP contribution is 2.20. The lowest BCUT2D eigenvalue weighted by molar-refractivity contribution is 0.751. The third-order valence-corrected chi connectivity index (χ3v) is 2.75. The lowest BCUT2D eigenvalue weighted by Crippen LogP contribution is -2.11. The molecule has 2 N–H and O–H groups in total. The van der Waals surface area contributed by atoms with Crippen molar-refractivity contribution in [3.63, 3.8) is 0 Å². The highest BCUT2D eigenvalue weighted by atomic mass is 15.1. The third kappa shape index (κ3) is 1.86. The Balaban J connectivity index is 2.54. The number of aromatic nitrogens is 2. The quantitative estimate of drug-likeness (QED) is 0.836. The van der Waals surface area contributed by atoms with Gasteiger partial charge < -0.3 is 10.3 Å². The first-order chi connectivity index (χ1) is 7.59.